The molecule has 2 heteroatoms. The van der Waals surface area contributed by atoms with Gasteiger partial charge in [0.2, 0.25) is 0 Å². The zero-order chi connectivity index (χ0) is 10.1. The van der Waals surface area contributed by atoms with E-state index in [1.165, 1.54) is 7.11 Å². The first-order chi connectivity index (χ1) is 5.99. The summed E-state index contributed by atoms with van der Waals surface area (Å²) in [5.74, 6) is -0.148. The highest BCUT2D eigenvalue weighted by Gasteiger charge is 2.38. The second-order valence-electron chi connectivity index (χ2n) is 4.43. The minimum Gasteiger partial charge on any atom is -0.469 e. The standard InChI is InChI=1S/C11H18O2/c1-8-6-5-7-11(2,3)9(8)10(12)13-4/h6,9H,5,7H2,1-4H3/t9-/m0/s1. The molecule has 0 N–H and O–H groups in total. The molecule has 0 bridgehead atoms. The SMILES string of the molecule is COC(=O)[C@@H]1C(C)=CCCC1(C)C. The quantitative estimate of drug-likeness (QED) is 0.460. The van der Waals surface area contributed by atoms with Gasteiger partial charge in [-0.25, -0.2) is 0 Å². The predicted octanol–water partition coefficient (Wildman–Crippen LogP) is 2.54. The number of hydrogen-bond donors (Lipinski definition) is 0. The third-order valence-electron chi connectivity index (χ3n) is 2.93. The van der Waals surface area contributed by atoms with Crippen LogP contribution in [0.5, 0.6) is 0 Å². The van der Waals surface area contributed by atoms with Gasteiger partial charge in [0.25, 0.3) is 0 Å². The minimum atomic E-state index is -0.0987. The van der Waals surface area contributed by atoms with Gasteiger partial charge in [0.15, 0.2) is 0 Å². The Labute approximate surface area is 80.0 Å². The lowest BCUT2D eigenvalue weighted by molar-refractivity contribution is -0.148. The topological polar surface area (TPSA) is 26.3 Å². The van der Waals surface area contributed by atoms with Crippen molar-refractivity contribution in [2.24, 2.45) is 11.3 Å². The first kappa shape index (κ1) is 10.3. The maximum absolute atomic E-state index is 11.5. The minimum absolute atomic E-state index is 0.0475. The van der Waals surface area contributed by atoms with Gasteiger partial charge < -0.3 is 4.74 Å². The van der Waals surface area contributed by atoms with Crippen LogP contribution < -0.4 is 0 Å². The van der Waals surface area contributed by atoms with Crippen LogP contribution in [0.15, 0.2) is 11.6 Å². The highest BCUT2D eigenvalue weighted by molar-refractivity contribution is 5.76. The molecule has 0 aromatic heterocycles. The summed E-state index contributed by atoms with van der Waals surface area (Å²) in [5.41, 5.74) is 1.20. The molecule has 2 nitrogen and oxygen atoms in total. The smallest absolute Gasteiger partial charge is 0.313 e. The molecule has 1 aliphatic rings. The van der Waals surface area contributed by atoms with Crippen LogP contribution in [0.2, 0.25) is 0 Å². The van der Waals surface area contributed by atoms with E-state index in [9.17, 15) is 4.79 Å². The Balaban J connectivity index is 2.94. The molecule has 0 spiro atoms. The van der Waals surface area contributed by atoms with Crippen molar-refractivity contribution in [2.75, 3.05) is 7.11 Å². The molecule has 1 rings (SSSR count). The molecular weight excluding hydrogens is 164 g/mol. The van der Waals surface area contributed by atoms with Crippen LogP contribution in [-0.4, -0.2) is 13.1 Å². The summed E-state index contributed by atoms with van der Waals surface area (Å²) in [6.45, 7) is 6.28. The van der Waals surface area contributed by atoms with E-state index in [4.69, 9.17) is 4.74 Å². The van der Waals surface area contributed by atoms with E-state index in [-0.39, 0.29) is 17.3 Å². The number of ether oxygens (including phenoxy) is 1. The Kier molecular flexibility index (Phi) is 2.79. The molecule has 1 atom stereocenters. The number of hydrogen-bond acceptors (Lipinski definition) is 2. The lowest BCUT2D eigenvalue weighted by Gasteiger charge is -2.36. The van der Waals surface area contributed by atoms with Crippen LogP contribution in [-0.2, 0) is 9.53 Å². The van der Waals surface area contributed by atoms with Crippen molar-refractivity contribution in [3.8, 4) is 0 Å². The summed E-state index contributed by atoms with van der Waals surface area (Å²) in [6.07, 6.45) is 4.28. The summed E-state index contributed by atoms with van der Waals surface area (Å²) in [4.78, 5) is 11.5. The van der Waals surface area contributed by atoms with Crippen LogP contribution in [0.3, 0.4) is 0 Å². The van der Waals surface area contributed by atoms with Crippen LogP contribution >= 0.6 is 0 Å². The summed E-state index contributed by atoms with van der Waals surface area (Å²) in [6, 6.07) is 0. The lowest BCUT2D eigenvalue weighted by atomic mass is 9.69. The van der Waals surface area contributed by atoms with Crippen LogP contribution in [0.1, 0.15) is 33.6 Å². The number of carbonyl (C=O) groups excluding carboxylic acids is 1. The molecule has 0 amide bonds. The van der Waals surface area contributed by atoms with E-state index in [1.54, 1.807) is 0 Å². The monoisotopic (exact) mass is 182 g/mol. The second-order valence-corrected chi connectivity index (χ2v) is 4.43. The van der Waals surface area contributed by atoms with Crippen molar-refractivity contribution in [3.05, 3.63) is 11.6 Å². The van der Waals surface area contributed by atoms with Gasteiger partial charge in [-0.05, 0) is 25.2 Å². The molecule has 0 aromatic rings. The third-order valence-corrected chi connectivity index (χ3v) is 2.93. The average Bonchev–Trinajstić information content (AvgIpc) is 2.02. The second kappa shape index (κ2) is 3.52. The van der Waals surface area contributed by atoms with E-state index in [2.05, 4.69) is 19.9 Å². The molecule has 13 heavy (non-hydrogen) atoms. The molecule has 0 fully saturated rings. The van der Waals surface area contributed by atoms with Gasteiger partial charge in [-0.1, -0.05) is 25.5 Å². The van der Waals surface area contributed by atoms with Crippen molar-refractivity contribution in [2.45, 2.75) is 33.6 Å². The molecule has 0 heterocycles. The van der Waals surface area contributed by atoms with Crippen molar-refractivity contribution < 1.29 is 9.53 Å². The first-order valence-corrected chi connectivity index (χ1v) is 4.73. The fraction of sp³-hybridized carbons (Fsp3) is 0.727. The Morgan fingerprint density at radius 2 is 2.23 bits per heavy atom. The van der Waals surface area contributed by atoms with Crippen molar-refractivity contribution in [1.82, 2.24) is 0 Å². The number of allylic oxidation sites excluding steroid dienone is 1. The number of rotatable bonds is 1. The molecule has 0 saturated heterocycles. The third kappa shape index (κ3) is 1.93. The Hall–Kier alpha value is -0.790. The van der Waals surface area contributed by atoms with E-state index in [1.807, 2.05) is 6.92 Å². The van der Waals surface area contributed by atoms with Gasteiger partial charge in [0, 0.05) is 0 Å². The molecule has 1 aliphatic carbocycles. The molecule has 0 aliphatic heterocycles. The molecule has 0 radical (unpaired) electrons. The molecule has 0 unspecified atom stereocenters. The summed E-state index contributed by atoms with van der Waals surface area (Å²) >= 11 is 0. The van der Waals surface area contributed by atoms with Gasteiger partial charge in [0.05, 0.1) is 13.0 Å². The van der Waals surface area contributed by atoms with Gasteiger partial charge in [-0.15, -0.1) is 0 Å². The highest BCUT2D eigenvalue weighted by Crippen LogP contribution is 2.41. The Morgan fingerprint density at radius 3 is 2.69 bits per heavy atom. The summed E-state index contributed by atoms with van der Waals surface area (Å²) in [5, 5.41) is 0. The predicted molar refractivity (Wildman–Crippen MR) is 52.3 cm³/mol. The van der Waals surface area contributed by atoms with Crippen LogP contribution in [0.25, 0.3) is 0 Å². The zero-order valence-corrected chi connectivity index (χ0v) is 8.89. The van der Waals surface area contributed by atoms with E-state index in [0.717, 1.165) is 18.4 Å². The van der Waals surface area contributed by atoms with Gasteiger partial charge >= 0.3 is 5.97 Å². The van der Waals surface area contributed by atoms with Crippen molar-refractivity contribution in [1.29, 1.82) is 0 Å². The first-order valence-electron chi connectivity index (χ1n) is 4.73. The lowest BCUT2D eigenvalue weighted by Crippen LogP contribution is -2.34. The summed E-state index contributed by atoms with van der Waals surface area (Å²) < 4.78 is 4.82. The zero-order valence-electron chi connectivity index (χ0n) is 8.89. The fourth-order valence-corrected chi connectivity index (χ4v) is 2.17. The fourth-order valence-electron chi connectivity index (χ4n) is 2.17. The molecular formula is C11H18O2. The number of esters is 1. The van der Waals surface area contributed by atoms with Gasteiger partial charge in [-0.3, -0.25) is 4.79 Å². The maximum Gasteiger partial charge on any atom is 0.313 e. The van der Waals surface area contributed by atoms with Gasteiger partial charge in [0.1, 0.15) is 0 Å². The van der Waals surface area contributed by atoms with E-state index in [0.29, 0.717) is 0 Å². The number of methoxy groups -OCH3 is 1. The normalized spacial score (nSPS) is 26.5. The highest BCUT2D eigenvalue weighted by atomic mass is 16.5. The van der Waals surface area contributed by atoms with Crippen LogP contribution in [0.4, 0.5) is 0 Å². The molecule has 74 valence electrons. The molecule has 0 aromatic carbocycles. The summed E-state index contributed by atoms with van der Waals surface area (Å²) in [7, 11) is 1.46. The van der Waals surface area contributed by atoms with Crippen molar-refractivity contribution in [3.63, 3.8) is 0 Å². The Bertz CT molecular complexity index is 238. The van der Waals surface area contributed by atoms with Crippen molar-refractivity contribution >= 4 is 5.97 Å². The van der Waals surface area contributed by atoms with E-state index >= 15 is 0 Å². The Morgan fingerprint density at radius 1 is 1.62 bits per heavy atom. The van der Waals surface area contributed by atoms with Gasteiger partial charge in [-0.2, -0.15) is 0 Å². The average molecular weight is 182 g/mol. The van der Waals surface area contributed by atoms with Crippen LogP contribution in [0, 0.1) is 11.3 Å². The maximum atomic E-state index is 11.5. The number of carbonyl (C=O) groups is 1. The largest absolute Gasteiger partial charge is 0.469 e. The van der Waals surface area contributed by atoms with E-state index < -0.39 is 0 Å². The molecule has 0 saturated carbocycles.